The summed E-state index contributed by atoms with van der Waals surface area (Å²) in [6.07, 6.45) is 2.64. The maximum absolute atomic E-state index is 11.9. The van der Waals surface area contributed by atoms with E-state index in [1.54, 1.807) is 11.1 Å². The van der Waals surface area contributed by atoms with E-state index in [0.717, 1.165) is 17.9 Å². The molecule has 2 rings (SSSR count). The summed E-state index contributed by atoms with van der Waals surface area (Å²) in [5.41, 5.74) is 0.994. The molecule has 0 aliphatic carbocycles. The van der Waals surface area contributed by atoms with Crippen molar-refractivity contribution in [3.63, 3.8) is 0 Å². The van der Waals surface area contributed by atoms with Gasteiger partial charge in [-0.25, -0.2) is 4.98 Å². The highest BCUT2D eigenvalue weighted by molar-refractivity contribution is 5.85. The van der Waals surface area contributed by atoms with Gasteiger partial charge >= 0.3 is 0 Å². The Balaban J connectivity index is 0.00000242. The number of carbonyl (C=O) groups is 1. The molecule has 0 unspecified atom stereocenters. The van der Waals surface area contributed by atoms with Crippen LogP contribution < -0.4 is 5.32 Å². The number of nitrogens with one attached hydrogen (secondary N) is 1. The fourth-order valence-electron chi connectivity index (χ4n) is 1.97. The van der Waals surface area contributed by atoms with Gasteiger partial charge in [0.25, 0.3) is 0 Å². The molecule has 1 amide bonds. The second-order valence-corrected chi connectivity index (χ2v) is 4.90. The molecule has 0 saturated heterocycles. The van der Waals surface area contributed by atoms with Gasteiger partial charge in [-0.1, -0.05) is 30.3 Å². The summed E-state index contributed by atoms with van der Waals surface area (Å²) in [5, 5.41) is 3.02. The van der Waals surface area contributed by atoms with Crippen LogP contribution in [0.1, 0.15) is 12.3 Å². The number of likely N-dealkylation sites (N-methyl/N-ethyl adjacent to an activating group) is 2. The van der Waals surface area contributed by atoms with Crippen LogP contribution in [0.15, 0.2) is 40.9 Å². The van der Waals surface area contributed by atoms with E-state index in [1.807, 2.05) is 44.4 Å². The third kappa shape index (κ3) is 6.60. The monoisotopic (exact) mass is 359 g/mol. The summed E-state index contributed by atoms with van der Waals surface area (Å²) in [6.45, 7) is 1.50. The summed E-state index contributed by atoms with van der Waals surface area (Å²) in [6, 6.07) is 9.82. The standard InChI is InChI=1S/C16H21N3O2.2ClH/c1-17-10-11-19(2)16(20)9-8-15-18-12-14(21-15)13-6-4-3-5-7-13;;/h3-7,12,17H,8-11H2,1-2H3;2*1H. The lowest BCUT2D eigenvalue weighted by atomic mass is 10.2. The molecule has 0 atom stereocenters. The molecule has 23 heavy (non-hydrogen) atoms. The molecular weight excluding hydrogens is 337 g/mol. The first kappa shape index (κ1) is 21.4. The van der Waals surface area contributed by atoms with E-state index >= 15 is 0 Å². The molecule has 5 nitrogen and oxygen atoms in total. The topological polar surface area (TPSA) is 58.4 Å². The van der Waals surface area contributed by atoms with E-state index in [2.05, 4.69) is 10.3 Å². The molecule has 1 aromatic carbocycles. The Labute approximate surface area is 149 Å². The molecular formula is C16H23Cl2N3O2. The zero-order valence-electron chi connectivity index (χ0n) is 13.3. The summed E-state index contributed by atoms with van der Waals surface area (Å²) < 4.78 is 5.69. The lowest BCUT2D eigenvalue weighted by Gasteiger charge is -2.16. The van der Waals surface area contributed by atoms with E-state index in [-0.39, 0.29) is 30.7 Å². The third-order valence-electron chi connectivity index (χ3n) is 3.29. The number of aromatic nitrogens is 1. The maximum Gasteiger partial charge on any atom is 0.222 e. The lowest BCUT2D eigenvalue weighted by molar-refractivity contribution is -0.129. The van der Waals surface area contributed by atoms with Crippen molar-refractivity contribution < 1.29 is 9.21 Å². The van der Waals surface area contributed by atoms with Crippen molar-refractivity contribution in [2.45, 2.75) is 12.8 Å². The minimum absolute atomic E-state index is 0. The van der Waals surface area contributed by atoms with Crippen LogP contribution in [-0.4, -0.2) is 43.0 Å². The molecule has 2 aromatic rings. The highest BCUT2D eigenvalue weighted by Gasteiger charge is 2.11. The Bertz CT molecular complexity index is 576. The van der Waals surface area contributed by atoms with Crippen LogP contribution >= 0.6 is 24.8 Å². The molecule has 1 heterocycles. The molecule has 0 saturated carbocycles. The van der Waals surface area contributed by atoms with E-state index < -0.39 is 0 Å². The molecule has 1 aromatic heterocycles. The summed E-state index contributed by atoms with van der Waals surface area (Å²) in [7, 11) is 3.68. The zero-order chi connectivity index (χ0) is 15.1. The van der Waals surface area contributed by atoms with Crippen LogP contribution in [0.3, 0.4) is 0 Å². The fraction of sp³-hybridized carbons (Fsp3) is 0.375. The Morgan fingerprint density at radius 1 is 1.26 bits per heavy atom. The number of aryl methyl sites for hydroxylation is 1. The van der Waals surface area contributed by atoms with Crippen molar-refractivity contribution in [2.75, 3.05) is 27.2 Å². The van der Waals surface area contributed by atoms with Gasteiger partial charge in [0.2, 0.25) is 5.91 Å². The summed E-state index contributed by atoms with van der Waals surface area (Å²) >= 11 is 0. The first-order valence-electron chi connectivity index (χ1n) is 7.09. The Hall–Kier alpha value is -1.56. The van der Waals surface area contributed by atoms with E-state index in [4.69, 9.17) is 4.42 Å². The van der Waals surface area contributed by atoms with Gasteiger partial charge < -0.3 is 14.6 Å². The zero-order valence-corrected chi connectivity index (χ0v) is 15.0. The van der Waals surface area contributed by atoms with Crippen LogP contribution in [0.25, 0.3) is 11.3 Å². The largest absolute Gasteiger partial charge is 0.441 e. The third-order valence-corrected chi connectivity index (χ3v) is 3.29. The average molecular weight is 360 g/mol. The number of hydrogen-bond acceptors (Lipinski definition) is 4. The van der Waals surface area contributed by atoms with Crippen molar-refractivity contribution >= 4 is 30.7 Å². The average Bonchev–Trinajstić information content (AvgIpc) is 3.00. The van der Waals surface area contributed by atoms with Crippen molar-refractivity contribution in [1.29, 1.82) is 0 Å². The van der Waals surface area contributed by atoms with Gasteiger partial charge in [0.1, 0.15) is 0 Å². The molecule has 0 spiro atoms. The molecule has 0 aliphatic rings. The molecule has 128 valence electrons. The van der Waals surface area contributed by atoms with Crippen molar-refractivity contribution in [2.24, 2.45) is 0 Å². The van der Waals surface area contributed by atoms with Gasteiger partial charge in [-0.2, -0.15) is 0 Å². The lowest BCUT2D eigenvalue weighted by Crippen LogP contribution is -2.32. The molecule has 0 aliphatic heterocycles. The Morgan fingerprint density at radius 3 is 2.61 bits per heavy atom. The Morgan fingerprint density at radius 2 is 1.96 bits per heavy atom. The summed E-state index contributed by atoms with van der Waals surface area (Å²) in [4.78, 5) is 17.9. The Kier molecular flexibility index (Phi) is 10.3. The van der Waals surface area contributed by atoms with Gasteiger partial charge in [-0.15, -0.1) is 24.8 Å². The quantitative estimate of drug-likeness (QED) is 0.825. The maximum atomic E-state index is 11.9. The number of rotatable bonds is 7. The molecule has 7 heteroatoms. The van der Waals surface area contributed by atoms with E-state index in [9.17, 15) is 4.79 Å². The number of nitrogens with zero attached hydrogens (tertiary/aromatic N) is 2. The van der Waals surface area contributed by atoms with Gasteiger partial charge in [-0.05, 0) is 7.05 Å². The minimum Gasteiger partial charge on any atom is -0.441 e. The van der Waals surface area contributed by atoms with Gasteiger partial charge in [-0.3, -0.25) is 4.79 Å². The highest BCUT2D eigenvalue weighted by Crippen LogP contribution is 2.20. The number of benzene rings is 1. The van der Waals surface area contributed by atoms with E-state index in [0.29, 0.717) is 25.3 Å². The van der Waals surface area contributed by atoms with Crippen LogP contribution in [-0.2, 0) is 11.2 Å². The normalized spacial score (nSPS) is 9.65. The van der Waals surface area contributed by atoms with E-state index in [1.165, 1.54) is 0 Å². The number of oxazole rings is 1. The minimum atomic E-state index is 0. The molecule has 0 bridgehead atoms. The first-order chi connectivity index (χ1) is 10.2. The number of hydrogen-bond donors (Lipinski definition) is 1. The second-order valence-electron chi connectivity index (χ2n) is 4.90. The molecule has 1 N–H and O–H groups in total. The van der Waals surface area contributed by atoms with Crippen LogP contribution in [0.5, 0.6) is 0 Å². The first-order valence-corrected chi connectivity index (χ1v) is 7.09. The van der Waals surface area contributed by atoms with Gasteiger partial charge in [0.15, 0.2) is 11.7 Å². The predicted octanol–water partition coefficient (Wildman–Crippen LogP) is 2.80. The van der Waals surface area contributed by atoms with Gasteiger partial charge in [0.05, 0.1) is 6.20 Å². The predicted molar refractivity (Wildman–Crippen MR) is 96.3 cm³/mol. The highest BCUT2D eigenvalue weighted by atomic mass is 35.5. The molecule has 0 radical (unpaired) electrons. The van der Waals surface area contributed by atoms with Crippen molar-refractivity contribution in [3.8, 4) is 11.3 Å². The second kappa shape index (κ2) is 11.0. The van der Waals surface area contributed by atoms with Crippen LogP contribution in [0.2, 0.25) is 0 Å². The SMILES string of the molecule is CNCCN(C)C(=O)CCc1ncc(-c2ccccc2)o1.Cl.Cl. The molecule has 0 fully saturated rings. The van der Waals surface area contributed by atoms with Crippen LogP contribution in [0.4, 0.5) is 0 Å². The smallest absolute Gasteiger partial charge is 0.222 e. The van der Waals surface area contributed by atoms with Crippen molar-refractivity contribution in [3.05, 3.63) is 42.4 Å². The number of amides is 1. The number of halogens is 2. The fourth-order valence-corrected chi connectivity index (χ4v) is 1.97. The number of carbonyl (C=O) groups excluding carboxylic acids is 1. The van der Waals surface area contributed by atoms with Crippen molar-refractivity contribution in [1.82, 2.24) is 15.2 Å². The van der Waals surface area contributed by atoms with Gasteiger partial charge in [0, 0.05) is 38.5 Å². The van der Waals surface area contributed by atoms with Crippen LogP contribution in [0, 0.1) is 0 Å². The summed E-state index contributed by atoms with van der Waals surface area (Å²) in [5.74, 6) is 1.44.